The molecule has 0 aliphatic rings. The molecule has 24 heavy (non-hydrogen) atoms. The summed E-state index contributed by atoms with van der Waals surface area (Å²) in [4.78, 5) is 16.7. The van der Waals surface area contributed by atoms with Crippen LogP contribution in [0.3, 0.4) is 0 Å². The molecule has 0 saturated carbocycles. The summed E-state index contributed by atoms with van der Waals surface area (Å²) in [5.41, 5.74) is 1.58. The lowest BCUT2D eigenvalue weighted by Crippen LogP contribution is -2.14. The molecule has 2 N–H and O–H groups in total. The maximum absolute atomic E-state index is 13.2. The van der Waals surface area contributed by atoms with E-state index in [2.05, 4.69) is 15.6 Å². The van der Waals surface area contributed by atoms with E-state index in [9.17, 15) is 9.18 Å². The van der Waals surface area contributed by atoms with E-state index in [0.29, 0.717) is 17.1 Å². The van der Waals surface area contributed by atoms with Crippen LogP contribution in [0.4, 0.5) is 21.6 Å². The van der Waals surface area contributed by atoms with Gasteiger partial charge in [0.2, 0.25) is 0 Å². The summed E-state index contributed by atoms with van der Waals surface area (Å²) in [6, 6.07) is 16.7. The highest BCUT2D eigenvalue weighted by Gasteiger charge is 2.13. The molecule has 0 bridgehead atoms. The van der Waals surface area contributed by atoms with Gasteiger partial charge in [-0.15, -0.1) is 0 Å². The molecule has 0 saturated heterocycles. The van der Waals surface area contributed by atoms with Crippen molar-refractivity contribution in [3.05, 3.63) is 83.3 Å². The maximum atomic E-state index is 13.2. The Morgan fingerprint density at radius 3 is 2.54 bits per heavy atom. The standard InChI is InChI=1S/C18H13ClFN3O/c19-15-11-13(8-9-16(15)20)23-18(24)14-7-4-10-21-17(14)22-12-5-2-1-3-6-12/h1-11H,(H,21,22)(H,23,24). The van der Waals surface area contributed by atoms with Gasteiger partial charge in [0.15, 0.2) is 0 Å². The SMILES string of the molecule is O=C(Nc1ccc(F)c(Cl)c1)c1cccnc1Nc1ccccc1. The van der Waals surface area contributed by atoms with E-state index in [1.807, 2.05) is 30.3 Å². The highest BCUT2D eigenvalue weighted by molar-refractivity contribution is 6.31. The number of rotatable bonds is 4. The second-order valence-electron chi connectivity index (χ2n) is 4.97. The van der Waals surface area contributed by atoms with Crippen molar-refractivity contribution in [2.75, 3.05) is 10.6 Å². The van der Waals surface area contributed by atoms with E-state index in [1.165, 1.54) is 18.2 Å². The van der Waals surface area contributed by atoms with Gasteiger partial charge in [-0.2, -0.15) is 0 Å². The Hall–Kier alpha value is -2.92. The molecule has 2 aromatic carbocycles. The number of nitrogens with zero attached hydrogens (tertiary/aromatic N) is 1. The third kappa shape index (κ3) is 3.70. The van der Waals surface area contributed by atoms with Gasteiger partial charge in [0.1, 0.15) is 11.6 Å². The molecule has 0 unspecified atom stereocenters. The number of benzene rings is 2. The minimum absolute atomic E-state index is 0.0541. The average molecular weight is 342 g/mol. The average Bonchev–Trinajstić information content (AvgIpc) is 2.59. The molecule has 0 aliphatic carbocycles. The summed E-state index contributed by atoms with van der Waals surface area (Å²) in [5.74, 6) is -0.485. The predicted octanol–water partition coefficient (Wildman–Crippen LogP) is 4.87. The van der Waals surface area contributed by atoms with Crippen molar-refractivity contribution in [1.82, 2.24) is 4.98 Å². The molecule has 0 fully saturated rings. The van der Waals surface area contributed by atoms with Gasteiger partial charge in [-0.3, -0.25) is 4.79 Å². The Morgan fingerprint density at radius 1 is 1.00 bits per heavy atom. The molecule has 4 nitrogen and oxygen atoms in total. The fourth-order valence-electron chi connectivity index (χ4n) is 2.12. The molecule has 0 radical (unpaired) electrons. The molecule has 3 rings (SSSR count). The molecule has 1 aromatic heterocycles. The summed E-state index contributed by atoms with van der Waals surface area (Å²) in [6.07, 6.45) is 1.59. The summed E-state index contributed by atoms with van der Waals surface area (Å²) >= 11 is 5.73. The monoisotopic (exact) mass is 341 g/mol. The maximum Gasteiger partial charge on any atom is 0.259 e. The van der Waals surface area contributed by atoms with Crippen LogP contribution in [0, 0.1) is 5.82 Å². The van der Waals surface area contributed by atoms with E-state index in [4.69, 9.17) is 11.6 Å². The molecule has 1 amide bonds. The first-order valence-electron chi connectivity index (χ1n) is 7.17. The molecule has 120 valence electrons. The molecule has 6 heteroatoms. The number of amides is 1. The van der Waals surface area contributed by atoms with Crippen LogP contribution in [0.2, 0.25) is 5.02 Å². The van der Waals surface area contributed by atoms with Gasteiger partial charge in [-0.05, 0) is 42.5 Å². The van der Waals surface area contributed by atoms with Crippen molar-refractivity contribution < 1.29 is 9.18 Å². The van der Waals surface area contributed by atoms with Crippen LogP contribution in [-0.2, 0) is 0 Å². The minimum Gasteiger partial charge on any atom is -0.340 e. The molecular weight excluding hydrogens is 329 g/mol. The van der Waals surface area contributed by atoms with Gasteiger partial charge in [-0.1, -0.05) is 29.8 Å². The van der Waals surface area contributed by atoms with Crippen molar-refractivity contribution in [2.45, 2.75) is 0 Å². The van der Waals surface area contributed by atoms with Crippen molar-refractivity contribution in [3.63, 3.8) is 0 Å². The number of hydrogen-bond acceptors (Lipinski definition) is 3. The first-order valence-corrected chi connectivity index (χ1v) is 7.55. The second-order valence-corrected chi connectivity index (χ2v) is 5.38. The number of pyridine rings is 1. The van der Waals surface area contributed by atoms with E-state index in [-0.39, 0.29) is 10.9 Å². The number of para-hydroxylation sites is 1. The lowest BCUT2D eigenvalue weighted by molar-refractivity contribution is 0.102. The lowest BCUT2D eigenvalue weighted by atomic mass is 10.2. The van der Waals surface area contributed by atoms with Crippen LogP contribution in [0.5, 0.6) is 0 Å². The minimum atomic E-state index is -0.539. The first kappa shape index (κ1) is 16.0. The quantitative estimate of drug-likeness (QED) is 0.711. The van der Waals surface area contributed by atoms with E-state index in [1.54, 1.807) is 18.3 Å². The molecule has 3 aromatic rings. The highest BCUT2D eigenvalue weighted by Crippen LogP contribution is 2.22. The predicted molar refractivity (Wildman–Crippen MR) is 93.3 cm³/mol. The van der Waals surface area contributed by atoms with E-state index >= 15 is 0 Å². The molecule has 0 atom stereocenters. The van der Waals surface area contributed by atoms with Crippen molar-refractivity contribution in [2.24, 2.45) is 0 Å². The van der Waals surface area contributed by atoms with Crippen LogP contribution in [-0.4, -0.2) is 10.9 Å². The molecule has 1 heterocycles. The van der Waals surface area contributed by atoms with Gasteiger partial charge in [-0.25, -0.2) is 9.37 Å². The summed E-state index contributed by atoms with van der Waals surface area (Å²) in [7, 11) is 0. The van der Waals surface area contributed by atoms with Crippen LogP contribution in [0.1, 0.15) is 10.4 Å². The summed E-state index contributed by atoms with van der Waals surface area (Å²) in [5, 5.41) is 5.73. The molecule has 0 spiro atoms. The van der Waals surface area contributed by atoms with Crippen molar-refractivity contribution >= 4 is 34.7 Å². The number of nitrogens with one attached hydrogen (secondary N) is 2. The third-order valence-electron chi connectivity index (χ3n) is 3.27. The third-order valence-corrected chi connectivity index (χ3v) is 3.56. The van der Waals surface area contributed by atoms with Gasteiger partial charge >= 0.3 is 0 Å². The van der Waals surface area contributed by atoms with Gasteiger partial charge in [0, 0.05) is 17.6 Å². The fraction of sp³-hybridized carbons (Fsp3) is 0. The lowest BCUT2D eigenvalue weighted by Gasteiger charge is -2.11. The number of anilines is 3. The molecule has 0 aliphatic heterocycles. The van der Waals surface area contributed by atoms with Crippen molar-refractivity contribution in [3.8, 4) is 0 Å². The van der Waals surface area contributed by atoms with Crippen LogP contribution in [0.15, 0.2) is 66.9 Å². The van der Waals surface area contributed by atoms with E-state index in [0.717, 1.165) is 5.69 Å². The first-order chi connectivity index (χ1) is 11.6. The molecular formula is C18H13ClFN3O. The Balaban J connectivity index is 1.83. The largest absolute Gasteiger partial charge is 0.340 e. The highest BCUT2D eigenvalue weighted by atomic mass is 35.5. The Labute approximate surface area is 143 Å². The van der Waals surface area contributed by atoms with Gasteiger partial charge in [0.05, 0.1) is 10.6 Å². The number of carbonyl (C=O) groups is 1. The Morgan fingerprint density at radius 2 is 1.79 bits per heavy atom. The number of aromatic nitrogens is 1. The van der Waals surface area contributed by atoms with Gasteiger partial charge < -0.3 is 10.6 Å². The smallest absolute Gasteiger partial charge is 0.259 e. The topological polar surface area (TPSA) is 54.0 Å². The Bertz CT molecular complexity index is 871. The zero-order chi connectivity index (χ0) is 16.9. The van der Waals surface area contributed by atoms with Crippen LogP contribution >= 0.6 is 11.6 Å². The summed E-state index contributed by atoms with van der Waals surface area (Å²) in [6.45, 7) is 0. The van der Waals surface area contributed by atoms with E-state index < -0.39 is 5.82 Å². The number of halogens is 2. The zero-order valence-corrected chi connectivity index (χ0v) is 13.2. The fourth-order valence-corrected chi connectivity index (χ4v) is 2.30. The second kappa shape index (κ2) is 7.10. The van der Waals surface area contributed by atoms with Gasteiger partial charge in [0.25, 0.3) is 5.91 Å². The number of hydrogen-bond donors (Lipinski definition) is 2. The summed E-state index contributed by atoms with van der Waals surface area (Å²) < 4.78 is 13.2. The van der Waals surface area contributed by atoms with Crippen LogP contribution < -0.4 is 10.6 Å². The Kier molecular flexibility index (Phi) is 4.72. The normalized spacial score (nSPS) is 10.2. The van der Waals surface area contributed by atoms with Crippen LogP contribution in [0.25, 0.3) is 0 Å². The zero-order valence-electron chi connectivity index (χ0n) is 12.5. The number of carbonyl (C=O) groups excluding carboxylic acids is 1. The van der Waals surface area contributed by atoms with Crippen molar-refractivity contribution in [1.29, 1.82) is 0 Å².